The summed E-state index contributed by atoms with van der Waals surface area (Å²) in [5, 5.41) is 13.8. The van der Waals surface area contributed by atoms with Crippen molar-refractivity contribution < 1.29 is 23.0 Å². The minimum absolute atomic E-state index is 0.00907. The summed E-state index contributed by atoms with van der Waals surface area (Å²) in [6.45, 7) is -0.167. The van der Waals surface area contributed by atoms with E-state index in [1.807, 2.05) is 0 Å². The van der Waals surface area contributed by atoms with E-state index in [1.165, 1.54) is 34.4 Å². The molecule has 3 aromatic rings. The first-order chi connectivity index (χ1) is 13.4. The third-order valence-electron chi connectivity index (χ3n) is 3.74. The molecular weight excluding hydrogens is 448 g/mol. The number of halogens is 1. The summed E-state index contributed by atoms with van der Waals surface area (Å²) in [6.07, 6.45) is 2.79. The summed E-state index contributed by atoms with van der Waals surface area (Å²) in [5.74, 6) is -0.155. The number of aromatic nitrogens is 1. The van der Waals surface area contributed by atoms with E-state index in [2.05, 4.69) is 4.72 Å². The summed E-state index contributed by atoms with van der Waals surface area (Å²) < 4.78 is 39.4. The lowest BCUT2D eigenvalue weighted by Gasteiger charge is -2.12. The molecule has 0 unspecified atom stereocenters. The fraction of sp³-hybridized carbons (Fsp3) is 0.0625. The minimum Gasteiger partial charge on any atom is -0.504 e. The number of sulfonamides is 1. The Morgan fingerprint density at radius 2 is 2.07 bits per heavy atom. The number of aromatic hydroxyl groups is 1. The van der Waals surface area contributed by atoms with Gasteiger partial charge in [0.05, 0.1) is 5.69 Å². The standard InChI is InChI=1S/C16H11ClN2O6S3/c17-11-7-27-16(21)19(11)4-3-9-6-10(14-15(13(9)20)25-8-24-14)18-28(22,23)12-2-1-5-26-12/h1-7,18,20H,8H2. The highest BCUT2D eigenvalue weighted by Crippen LogP contribution is 2.48. The van der Waals surface area contributed by atoms with Crippen LogP contribution in [0.4, 0.5) is 5.69 Å². The Labute approximate surface area is 171 Å². The molecule has 0 atom stereocenters. The summed E-state index contributed by atoms with van der Waals surface area (Å²) in [5.41, 5.74) is 0.310. The van der Waals surface area contributed by atoms with Crippen LogP contribution in [-0.4, -0.2) is 24.9 Å². The maximum absolute atomic E-state index is 12.6. The molecule has 0 radical (unpaired) electrons. The number of ether oxygens (including phenoxy) is 2. The molecule has 1 aromatic carbocycles. The molecule has 0 amide bonds. The van der Waals surface area contributed by atoms with Crippen molar-refractivity contribution in [2.75, 3.05) is 11.5 Å². The predicted molar refractivity (Wildman–Crippen MR) is 108 cm³/mol. The maximum atomic E-state index is 12.6. The first-order valence-corrected chi connectivity index (χ1v) is 11.2. The Morgan fingerprint density at radius 1 is 1.29 bits per heavy atom. The van der Waals surface area contributed by atoms with E-state index in [0.717, 1.165) is 22.7 Å². The zero-order valence-corrected chi connectivity index (χ0v) is 17.0. The van der Waals surface area contributed by atoms with Gasteiger partial charge in [0.1, 0.15) is 9.36 Å². The second-order valence-corrected chi connectivity index (χ2v) is 9.54. The molecule has 12 heteroatoms. The van der Waals surface area contributed by atoms with Crippen molar-refractivity contribution >= 4 is 62.3 Å². The van der Waals surface area contributed by atoms with Gasteiger partial charge in [0.15, 0.2) is 11.5 Å². The van der Waals surface area contributed by atoms with Gasteiger partial charge in [-0.25, -0.2) is 8.42 Å². The second kappa shape index (κ2) is 7.17. The normalized spacial score (nSPS) is 13.3. The minimum atomic E-state index is -3.84. The lowest BCUT2D eigenvalue weighted by atomic mass is 10.1. The maximum Gasteiger partial charge on any atom is 0.312 e. The summed E-state index contributed by atoms with van der Waals surface area (Å²) in [4.78, 5) is 11.5. The molecule has 0 saturated carbocycles. The molecule has 0 fully saturated rings. The highest BCUT2D eigenvalue weighted by atomic mass is 35.5. The summed E-state index contributed by atoms with van der Waals surface area (Å²) in [7, 11) is -3.84. The van der Waals surface area contributed by atoms with Gasteiger partial charge in [-0.3, -0.25) is 14.1 Å². The summed E-state index contributed by atoms with van der Waals surface area (Å²) in [6, 6.07) is 4.48. The average Bonchev–Trinajstić information content (AvgIpc) is 3.39. The average molecular weight is 459 g/mol. The number of phenols is 1. The van der Waals surface area contributed by atoms with Crippen LogP contribution in [0.1, 0.15) is 5.56 Å². The smallest absolute Gasteiger partial charge is 0.312 e. The van der Waals surface area contributed by atoms with Crippen molar-refractivity contribution in [1.29, 1.82) is 0 Å². The number of phenolic OH excluding ortho intramolecular Hbond substituents is 1. The molecule has 4 rings (SSSR count). The molecule has 0 saturated heterocycles. The quantitative estimate of drug-likeness (QED) is 0.567. The molecule has 0 spiro atoms. The summed E-state index contributed by atoms with van der Waals surface area (Å²) >= 11 is 7.94. The first kappa shape index (κ1) is 18.9. The van der Waals surface area contributed by atoms with Crippen LogP contribution < -0.4 is 19.1 Å². The number of hydrogen-bond acceptors (Lipinski definition) is 8. The Hall–Kier alpha value is -2.47. The molecule has 146 valence electrons. The Bertz CT molecular complexity index is 1230. The molecule has 0 aliphatic carbocycles. The zero-order valence-electron chi connectivity index (χ0n) is 13.8. The van der Waals surface area contributed by atoms with Gasteiger partial charge in [-0.15, -0.1) is 11.3 Å². The molecule has 1 aliphatic rings. The van der Waals surface area contributed by atoms with Crippen LogP contribution in [0.5, 0.6) is 17.2 Å². The zero-order chi connectivity index (χ0) is 19.9. The van der Waals surface area contributed by atoms with Gasteiger partial charge >= 0.3 is 4.87 Å². The number of rotatable bonds is 5. The lowest BCUT2D eigenvalue weighted by Crippen LogP contribution is -2.12. The molecule has 3 heterocycles. The number of benzene rings is 1. The van der Waals surface area contributed by atoms with Gasteiger partial charge in [0, 0.05) is 17.1 Å². The third-order valence-corrected chi connectivity index (χ3v) is 7.66. The van der Waals surface area contributed by atoms with Gasteiger partial charge in [0.25, 0.3) is 10.0 Å². The van der Waals surface area contributed by atoms with Crippen LogP contribution in [-0.2, 0) is 10.0 Å². The van der Waals surface area contributed by atoms with E-state index in [0.29, 0.717) is 0 Å². The SMILES string of the molecule is O=c1scc(Cl)n1C=Cc1cc(NS(=O)(=O)c2cccs2)c2c(c1O)OCO2. The van der Waals surface area contributed by atoms with Gasteiger partial charge in [0.2, 0.25) is 12.5 Å². The van der Waals surface area contributed by atoms with Crippen LogP contribution in [0.25, 0.3) is 12.3 Å². The number of anilines is 1. The van der Waals surface area contributed by atoms with E-state index in [1.54, 1.807) is 11.4 Å². The number of thiophene rings is 1. The van der Waals surface area contributed by atoms with Crippen molar-refractivity contribution in [1.82, 2.24) is 4.57 Å². The Kier molecular flexibility index (Phi) is 4.83. The fourth-order valence-electron chi connectivity index (χ4n) is 2.48. The first-order valence-electron chi connectivity index (χ1n) is 7.62. The Morgan fingerprint density at radius 3 is 2.75 bits per heavy atom. The van der Waals surface area contributed by atoms with E-state index >= 15 is 0 Å². The van der Waals surface area contributed by atoms with E-state index in [-0.39, 0.29) is 49.5 Å². The number of thiazole rings is 1. The van der Waals surface area contributed by atoms with Crippen molar-refractivity contribution in [2.24, 2.45) is 0 Å². The van der Waals surface area contributed by atoms with Crippen LogP contribution in [0.2, 0.25) is 5.15 Å². The van der Waals surface area contributed by atoms with E-state index in [4.69, 9.17) is 21.1 Å². The number of hydrogen-bond donors (Lipinski definition) is 2. The van der Waals surface area contributed by atoms with Gasteiger partial charge < -0.3 is 14.6 Å². The van der Waals surface area contributed by atoms with Crippen molar-refractivity contribution in [3.05, 3.63) is 49.3 Å². The van der Waals surface area contributed by atoms with Crippen molar-refractivity contribution in [3.8, 4) is 17.2 Å². The Balaban J connectivity index is 1.77. The number of nitrogens with zero attached hydrogens (tertiary/aromatic N) is 1. The topological polar surface area (TPSA) is 107 Å². The van der Waals surface area contributed by atoms with E-state index < -0.39 is 10.0 Å². The number of nitrogens with one attached hydrogen (secondary N) is 1. The largest absolute Gasteiger partial charge is 0.504 e. The molecule has 28 heavy (non-hydrogen) atoms. The van der Waals surface area contributed by atoms with Gasteiger partial charge in [-0.05, 0) is 23.6 Å². The van der Waals surface area contributed by atoms with Crippen LogP contribution in [0, 0.1) is 0 Å². The van der Waals surface area contributed by atoms with Crippen molar-refractivity contribution in [2.45, 2.75) is 4.21 Å². The molecular formula is C16H11ClN2O6S3. The molecule has 2 aromatic heterocycles. The molecule has 0 bridgehead atoms. The molecule has 1 aliphatic heterocycles. The van der Waals surface area contributed by atoms with Crippen molar-refractivity contribution in [3.63, 3.8) is 0 Å². The second-order valence-electron chi connectivity index (χ2n) is 5.47. The van der Waals surface area contributed by atoms with Crippen LogP contribution in [0.15, 0.2) is 38.0 Å². The predicted octanol–water partition coefficient (Wildman–Crippen LogP) is 3.49. The lowest BCUT2D eigenvalue weighted by molar-refractivity contribution is 0.171. The van der Waals surface area contributed by atoms with Crippen LogP contribution >= 0.6 is 34.3 Å². The highest BCUT2D eigenvalue weighted by molar-refractivity contribution is 7.94. The molecule has 2 N–H and O–H groups in total. The third kappa shape index (κ3) is 3.37. The molecule has 8 nitrogen and oxygen atoms in total. The van der Waals surface area contributed by atoms with Gasteiger partial charge in [-0.2, -0.15) is 0 Å². The van der Waals surface area contributed by atoms with Gasteiger partial charge in [-0.1, -0.05) is 29.0 Å². The number of fused-ring (bicyclic) bond motifs is 1. The fourth-order valence-corrected chi connectivity index (χ4v) is 5.42. The van der Waals surface area contributed by atoms with E-state index in [9.17, 15) is 18.3 Å². The van der Waals surface area contributed by atoms with Crippen LogP contribution in [0.3, 0.4) is 0 Å². The highest BCUT2D eigenvalue weighted by Gasteiger charge is 2.27. The monoisotopic (exact) mass is 458 g/mol.